The average molecular weight is 386 g/mol. The van der Waals surface area contributed by atoms with Gasteiger partial charge in [-0.3, -0.25) is 14.4 Å². The van der Waals surface area contributed by atoms with E-state index in [2.05, 4.69) is 10.6 Å². The third kappa shape index (κ3) is 4.86. The number of nitrogens with zero attached hydrogens (tertiary/aromatic N) is 1. The molecule has 7 heteroatoms. The molecular formula is C20H20ClN3O3. The summed E-state index contributed by atoms with van der Waals surface area (Å²) >= 11 is 5.80. The van der Waals surface area contributed by atoms with Crippen molar-refractivity contribution in [2.45, 2.75) is 12.8 Å². The van der Waals surface area contributed by atoms with Gasteiger partial charge in [0, 0.05) is 47.9 Å². The summed E-state index contributed by atoms with van der Waals surface area (Å²) in [5.74, 6) is -0.392. The minimum absolute atomic E-state index is 0.0810. The summed E-state index contributed by atoms with van der Waals surface area (Å²) in [6.07, 6.45) is 1.38. The third-order valence-electron chi connectivity index (χ3n) is 4.30. The Balaban J connectivity index is 1.49. The lowest BCUT2D eigenvalue weighted by molar-refractivity contribution is -0.117. The quantitative estimate of drug-likeness (QED) is 0.750. The van der Waals surface area contributed by atoms with E-state index in [1.54, 1.807) is 47.4 Å². The maximum Gasteiger partial charge on any atom is 0.251 e. The minimum Gasteiger partial charge on any atom is -0.350 e. The van der Waals surface area contributed by atoms with Gasteiger partial charge in [-0.1, -0.05) is 17.7 Å². The molecule has 3 amide bonds. The number of hydrogen-bond donors (Lipinski definition) is 2. The maximum atomic E-state index is 12.3. The van der Waals surface area contributed by atoms with Crippen molar-refractivity contribution >= 4 is 35.0 Å². The van der Waals surface area contributed by atoms with Crippen LogP contribution in [0.1, 0.15) is 33.6 Å². The van der Waals surface area contributed by atoms with Gasteiger partial charge in [0.25, 0.3) is 11.8 Å². The maximum absolute atomic E-state index is 12.3. The van der Waals surface area contributed by atoms with Gasteiger partial charge in [0.05, 0.1) is 0 Å². The van der Waals surface area contributed by atoms with Crippen LogP contribution in [0.5, 0.6) is 0 Å². The second kappa shape index (κ2) is 8.68. The van der Waals surface area contributed by atoms with E-state index in [4.69, 9.17) is 11.6 Å². The van der Waals surface area contributed by atoms with Crippen LogP contribution in [-0.2, 0) is 4.79 Å². The zero-order valence-electron chi connectivity index (χ0n) is 14.7. The smallest absolute Gasteiger partial charge is 0.251 e. The second-order valence-electron chi connectivity index (χ2n) is 6.22. The SMILES string of the molecule is O=C(NCCNC(=O)c1cccc(N2CCCC2=O)c1)c1ccc(Cl)cc1. The van der Waals surface area contributed by atoms with E-state index < -0.39 is 0 Å². The molecule has 0 aromatic heterocycles. The van der Waals surface area contributed by atoms with E-state index in [1.165, 1.54) is 0 Å². The molecule has 0 atom stereocenters. The molecule has 1 heterocycles. The van der Waals surface area contributed by atoms with Crippen LogP contribution in [0, 0.1) is 0 Å². The zero-order valence-corrected chi connectivity index (χ0v) is 15.5. The molecule has 1 fully saturated rings. The fourth-order valence-electron chi connectivity index (χ4n) is 2.89. The highest BCUT2D eigenvalue weighted by atomic mass is 35.5. The van der Waals surface area contributed by atoms with Crippen LogP contribution in [0.25, 0.3) is 0 Å². The highest BCUT2D eigenvalue weighted by Crippen LogP contribution is 2.22. The normalized spacial score (nSPS) is 13.5. The summed E-state index contributed by atoms with van der Waals surface area (Å²) < 4.78 is 0. The van der Waals surface area contributed by atoms with Gasteiger partial charge in [0.1, 0.15) is 0 Å². The van der Waals surface area contributed by atoms with E-state index in [0.29, 0.717) is 42.2 Å². The van der Waals surface area contributed by atoms with Crippen molar-refractivity contribution in [3.8, 4) is 0 Å². The van der Waals surface area contributed by atoms with E-state index in [1.807, 2.05) is 6.07 Å². The Kier molecular flexibility index (Phi) is 6.08. The number of anilines is 1. The highest BCUT2D eigenvalue weighted by Gasteiger charge is 2.22. The minimum atomic E-state index is -0.246. The van der Waals surface area contributed by atoms with E-state index in [9.17, 15) is 14.4 Å². The third-order valence-corrected chi connectivity index (χ3v) is 4.55. The molecule has 2 N–H and O–H groups in total. The summed E-state index contributed by atoms with van der Waals surface area (Å²) in [5.41, 5.74) is 1.73. The molecule has 140 valence electrons. The summed E-state index contributed by atoms with van der Waals surface area (Å²) in [4.78, 5) is 37.8. The van der Waals surface area contributed by atoms with Crippen LogP contribution in [-0.4, -0.2) is 37.4 Å². The van der Waals surface area contributed by atoms with Gasteiger partial charge in [0.2, 0.25) is 5.91 Å². The zero-order chi connectivity index (χ0) is 19.2. The molecule has 0 aliphatic carbocycles. The second-order valence-corrected chi connectivity index (χ2v) is 6.65. The van der Waals surface area contributed by atoms with Crippen molar-refractivity contribution < 1.29 is 14.4 Å². The molecule has 1 aliphatic rings. The lowest BCUT2D eigenvalue weighted by Gasteiger charge is -2.16. The fourth-order valence-corrected chi connectivity index (χ4v) is 3.02. The molecule has 0 bridgehead atoms. The summed E-state index contributed by atoms with van der Waals surface area (Å²) in [6.45, 7) is 1.28. The van der Waals surface area contributed by atoms with Gasteiger partial charge in [-0.2, -0.15) is 0 Å². The largest absolute Gasteiger partial charge is 0.350 e. The molecule has 0 saturated carbocycles. The average Bonchev–Trinajstić information content (AvgIpc) is 3.11. The van der Waals surface area contributed by atoms with E-state index in [-0.39, 0.29) is 17.7 Å². The van der Waals surface area contributed by atoms with Crippen molar-refractivity contribution in [1.82, 2.24) is 10.6 Å². The fraction of sp³-hybridized carbons (Fsp3) is 0.250. The standard InChI is InChI=1S/C20H20ClN3O3/c21-16-8-6-14(7-9-16)19(26)22-10-11-23-20(27)15-3-1-4-17(13-15)24-12-2-5-18(24)25/h1,3-4,6-9,13H,2,5,10-12H2,(H,22,26)(H,23,27). The van der Waals surface area contributed by atoms with Gasteiger partial charge >= 0.3 is 0 Å². The molecule has 1 saturated heterocycles. The van der Waals surface area contributed by atoms with Crippen molar-refractivity contribution in [1.29, 1.82) is 0 Å². The Morgan fingerprint density at radius 2 is 1.63 bits per heavy atom. The Labute approximate surface area is 162 Å². The van der Waals surface area contributed by atoms with Crippen LogP contribution in [0.4, 0.5) is 5.69 Å². The lowest BCUT2D eigenvalue weighted by Crippen LogP contribution is -2.34. The number of halogens is 1. The van der Waals surface area contributed by atoms with Gasteiger partial charge in [0.15, 0.2) is 0 Å². The Morgan fingerprint density at radius 1 is 0.963 bits per heavy atom. The number of hydrogen-bond acceptors (Lipinski definition) is 3. The molecule has 3 rings (SSSR count). The first-order valence-corrected chi connectivity index (χ1v) is 9.15. The topological polar surface area (TPSA) is 78.5 Å². The van der Waals surface area contributed by atoms with Crippen LogP contribution in [0.2, 0.25) is 5.02 Å². The predicted octanol–water partition coefficient (Wildman–Crippen LogP) is 2.63. The summed E-state index contributed by atoms with van der Waals surface area (Å²) in [5, 5.41) is 6.07. The van der Waals surface area contributed by atoms with Crippen molar-refractivity contribution in [3.63, 3.8) is 0 Å². The van der Waals surface area contributed by atoms with Crippen LogP contribution in [0.15, 0.2) is 48.5 Å². The molecule has 2 aromatic rings. The number of carbonyl (C=O) groups excluding carboxylic acids is 3. The molecule has 0 radical (unpaired) electrons. The monoisotopic (exact) mass is 385 g/mol. The van der Waals surface area contributed by atoms with E-state index >= 15 is 0 Å². The van der Waals surface area contributed by atoms with Crippen LogP contribution in [0.3, 0.4) is 0 Å². The van der Waals surface area contributed by atoms with Gasteiger partial charge < -0.3 is 15.5 Å². The first-order valence-electron chi connectivity index (χ1n) is 8.77. The molecule has 0 spiro atoms. The summed E-state index contributed by atoms with van der Waals surface area (Å²) in [7, 11) is 0. The van der Waals surface area contributed by atoms with Crippen molar-refractivity contribution in [2.24, 2.45) is 0 Å². The van der Waals surface area contributed by atoms with Crippen LogP contribution >= 0.6 is 11.6 Å². The predicted molar refractivity (Wildman–Crippen MR) is 104 cm³/mol. The number of rotatable bonds is 6. The number of carbonyl (C=O) groups is 3. The summed E-state index contributed by atoms with van der Waals surface area (Å²) in [6, 6.07) is 13.6. The number of amides is 3. The first kappa shape index (κ1) is 18.9. The first-order chi connectivity index (χ1) is 13.0. The van der Waals surface area contributed by atoms with Gasteiger partial charge in [-0.05, 0) is 48.9 Å². The van der Waals surface area contributed by atoms with Crippen LogP contribution < -0.4 is 15.5 Å². The molecule has 1 aliphatic heterocycles. The van der Waals surface area contributed by atoms with Crippen molar-refractivity contribution in [2.75, 3.05) is 24.5 Å². The van der Waals surface area contributed by atoms with E-state index in [0.717, 1.165) is 12.1 Å². The Hall–Kier alpha value is -2.86. The number of benzene rings is 2. The van der Waals surface area contributed by atoms with Gasteiger partial charge in [-0.15, -0.1) is 0 Å². The number of nitrogens with one attached hydrogen (secondary N) is 2. The lowest BCUT2D eigenvalue weighted by atomic mass is 10.1. The highest BCUT2D eigenvalue weighted by molar-refractivity contribution is 6.30. The molecule has 2 aromatic carbocycles. The molecule has 0 unspecified atom stereocenters. The molecule has 6 nitrogen and oxygen atoms in total. The molecular weight excluding hydrogens is 366 g/mol. The Morgan fingerprint density at radius 3 is 2.26 bits per heavy atom. The molecule has 27 heavy (non-hydrogen) atoms. The Bertz CT molecular complexity index is 852. The van der Waals surface area contributed by atoms with Crippen molar-refractivity contribution in [3.05, 3.63) is 64.7 Å². The van der Waals surface area contributed by atoms with Gasteiger partial charge in [-0.25, -0.2) is 0 Å².